The molecule has 0 aromatic heterocycles. The minimum absolute atomic E-state index is 0.208. The van der Waals surface area contributed by atoms with E-state index in [1.807, 2.05) is 6.07 Å². The zero-order valence-electron chi connectivity index (χ0n) is 8.72. The fourth-order valence-electron chi connectivity index (χ4n) is 1.09. The van der Waals surface area contributed by atoms with E-state index in [1.54, 1.807) is 36.4 Å². The van der Waals surface area contributed by atoms with E-state index in [1.165, 1.54) is 6.20 Å². The summed E-state index contributed by atoms with van der Waals surface area (Å²) in [4.78, 5) is 0. The molecule has 3 nitrogen and oxygen atoms in total. The molecule has 16 heavy (non-hydrogen) atoms. The van der Waals surface area contributed by atoms with Crippen LogP contribution in [0.25, 0.3) is 5.57 Å². The summed E-state index contributed by atoms with van der Waals surface area (Å²) in [5, 5.41) is 17.7. The van der Waals surface area contributed by atoms with Crippen LogP contribution < -0.4 is 5.73 Å². The Morgan fingerprint density at radius 1 is 1.31 bits per heavy atom. The number of phenols is 1. The summed E-state index contributed by atoms with van der Waals surface area (Å²) in [7, 11) is 0. The number of aromatic hydroxyl groups is 1. The van der Waals surface area contributed by atoms with Gasteiger partial charge in [-0.2, -0.15) is 5.26 Å². The molecule has 0 saturated heterocycles. The number of benzene rings is 1. The summed E-state index contributed by atoms with van der Waals surface area (Å²) in [5.41, 5.74) is 7.23. The molecule has 1 aromatic carbocycles. The number of nitrogens with two attached hydrogens (primary N) is 1. The molecule has 0 aliphatic heterocycles. The largest absolute Gasteiger partial charge is 0.508 e. The average molecular weight is 212 g/mol. The minimum Gasteiger partial charge on any atom is -0.508 e. The molecule has 0 aliphatic carbocycles. The lowest BCUT2D eigenvalue weighted by molar-refractivity contribution is 0.475. The van der Waals surface area contributed by atoms with Gasteiger partial charge in [-0.15, -0.1) is 0 Å². The number of nitriles is 1. The van der Waals surface area contributed by atoms with Crippen molar-refractivity contribution in [3.8, 4) is 11.8 Å². The molecule has 1 aromatic rings. The maximum atomic E-state index is 9.12. The summed E-state index contributed by atoms with van der Waals surface area (Å²) in [6.45, 7) is 3.85. The molecule has 0 bridgehead atoms. The van der Waals surface area contributed by atoms with Crippen LogP contribution in [0, 0.1) is 11.3 Å². The van der Waals surface area contributed by atoms with Crippen LogP contribution in [-0.2, 0) is 0 Å². The van der Waals surface area contributed by atoms with Crippen molar-refractivity contribution in [1.82, 2.24) is 0 Å². The van der Waals surface area contributed by atoms with E-state index in [4.69, 9.17) is 16.1 Å². The second-order valence-corrected chi connectivity index (χ2v) is 3.14. The monoisotopic (exact) mass is 212 g/mol. The highest BCUT2D eigenvalue weighted by Gasteiger charge is 1.95. The minimum atomic E-state index is 0.208. The molecule has 3 N–H and O–H groups in total. The third-order valence-electron chi connectivity index (χ3n) is 2.01. The number of rotatable bonds is 3. The van der Waals surface area contributed by atoms with E-state index in [2.05, 4.69) is 6.58 Å². The normalized spacial score (nSPS) is 11.3. The van der Waals surface area contributed by atoms with Crippen molar-refractivity contribution in [2.24, 2.45) is 5.73 Å². The van der Waals surface area contributed by atoms with E-state index in [0.29, 0.717) is 5.57 Å². The Kier molecular flexibility index (Phi) is 3.93. The Hall–Kier alpha value is -2.47. The smallest absolute Gasteiger partial charge is 0.115 e. The first-order chi connectivity index (χ1) is 7.67. The second kappa shape index (κ2) is 5.42. The molecule has 0 aliphatic rings. The van der Waals surface area contributed by atoms with Gasteiger partial charge in [0, 0.05) is 6.20 Å². The fraction of sp³-hybridized carbons (Fsp3) is 0. The maximum Gasteiger partial charge on any atom is 0.115 e. The Morgan fingerprint density at radius 3 is 2.44 bits per heavy atom. The van der Waals surface area contributed by atoms with Crippen LogP contribution in [0.2, 0.25) is 0 Å². The molecule has 0 radical (unpaired) electrons. The van der Waals surface area contributed by atoms with Crippen LogP contribution in [0.15, 0.2) is 54.8 Å². The fourth-order valence-corrected chi connectivity index (χ4v) is 1.09. The molecule has 0 spiro atoms. The van der Waals surface area contributed by atoms with Crippen molar-refractivity contribution in [2.75, 3.05) is 0 Å². The van der Waals surface area contributed by atoms with Gasteiger partial charge in [0.2, 0.25) is 0 Å². The van der Waals surface area contributed by atoms with Gasteiger partial charge < -0.3 is 10.8 Å². The van der Waals surface area contributed by atoms with Crippen molar-refractivity contribution < 1.29 is 5.11 Å². The van der Waals surface area contributed by atoms with Gasteiger partial charge in [0.05, 0.1) is 5.57 Å². The number of hydrogen-bond donors (Lipinski definition) is 2. The molecule has 0 fully saturated rings. The zero-order chi connectivity index (χ0) is 12.0. The molecule has 0 heterocycles. The summed E-state index contributed by atoms with van der Waals surface area (Å²) >= 11 is 0. The summed E-state index contributed by atoms with van der Waals surface area (Å²) < 4.78 is 0. The first-order valence-electron chi connectivity index (χ1n) is 4.65. The lowest BCUT2D eigenvalue weighted by Crippen LogP contribution is -1.83. The van der Waals surface area contributed by atoms with Crippen LogP contribution >= 0.6 is 0 Å². The van der Waals surface area contributed by atoms with Gasteiger partial charge in [-0.25, -0.2) is 0 Å². The highest BCUT2D eigenvalue weighted by Crippen LogP contribution is 2.17. The van der Waals surface area contributed by atoms with E-state index < -0.39 is 0 Å². The Balaban J connectivity index is 2.81. The highest BCUT2D eigenvalue weighted by molar-refractivity contribution is 5.73. The number of hydrogen-bond acceptors (Lipinski definition) is 3. The zero-order valence-corrected chi connectivity index (χ0v) is 8.72. The van der Waals surface area contributed by atoms with E-state index in [9.17, 15) is 0 Å². The molecule has 0 saturated carbocycles. The molecule has 1 rings (SSSR count). The third kappa shape index (κ3) is 3.03. The molecule has 80 valence electrons. The van der Waals surface area contributed by atoms with Gasteiger partial charge in [-0.1, -0.05) is 24.8 Å². The van der Waals surface area contributed by atoms with E-state index >= 15 is 0 Å². The van der Waals surface area contributed by atoms with Gasteiger partial charge in [-0.3, -0.25) is 0 Å². The number of phenolic OH excluding ortho intramolecular Hbond substituents is 1. The van der Waals surface area contributed by atoms with Gasteiger partial charge in [0.25, 0.3) is 0 Å². The topological polar surface area (TPSA) is 70.0 Å². The van der Waals surface area contributed by atoms with E-state index in [-0.39, 0.29) is 5.75 Å². The average Bonchev–Trinajstić information content (AvgIpc) is 2.31. The van der Waals surface area contributed by atoms with Crippen LogP contribution in [0.1, 0.15) is 5.56 Å². The maximum absolute atomic E-state index is 9.12. The van der Waals surface area contributed by atoms with Crippen LogP contribution in [0.4, 0.5) is 0 Å². The second-order valence-electron chi connectivity index (χ2n) is 3.14. The van der Waals surface area contributed by atoms with Crippen LogP contribution in [0.5, 0.6) is 5.75 Å². The Bertz CT molecular complexity index is 476. The van der Waals surface area contributed by atoms with Crippen molar-refractivity contribution in [3.63, 3.8) is 0 Å². The summed E-state index contributed by atoms with van der Waals surface area (Å²) in [6, 6.07) is 8.60. The van der Waals surface area contributed by atoms with Gasteiger partial charge in [0.15, 0.2) is 0 Å². The van der Waals surface area contributed by atoms with Gasteiger partial charge in [-0.05, 0) is 29.3 Å². The number of allylic oxidation sites excluding steroid dienone is 4. The SMILES string of the molecule is C=C(/C=C\C(C#N)=C/N)c1ccc(O)cc1. The molecule has 0 amide bonds. The van der Waals surface area contributed by atoms with Gasteiger partial charge >= 0.3 is 0 Å². The first-order valence-corrected chi connectivity index (χ1v) is 4.65. The third-order valence-corrected chi connectivity index (χ3v) is 2.01. The van der Waals surface area contributed by atoms with Crippen molar-refractivity contribution >= 4 is 5.57 Å². The molecule has 0 unspecified atom stereocenters. The molecule has 3 heteroatoms. The van der Waals surface area contributed by atoms with Crippen LogP contribution in [-0.4, -0.2) is 5.11 Å². The van der Waals surface area contributed by atoms with Crippen molar-refractivity contribution in [3.05, 3.63) is 60.3 Å². The molecular weight excluding hydrogens is 200 g/mol. The highest BCUT2D eigenvalue weighted by atomic mass is 16.3. The first kappa shape index (κ1) is 11.6. The van der Waals surface area contributed by atoms with Gasteiger partial charge in [0.1, 0.15) is 11.8 Å². The van der Waals surface area contributed by atoms with Crippen molar-refractivity contribution in [1.29, 1.82) is 5.26 Å². The van der Waals surface area contributed by atoms with Crippen LogP contribution in [0.3, 0.4) is 0 Å². The number of nitrogens with zero attached hydrogens (tertiary/aromatic N) is 1. The summed E-state index contributed by atoms with van der Waals surface area (Å²) in [6.07, 6.45) is 4.53. The summed E-state index contributed by atoms with van der Waals surface area (Å²) in [5.74, 6) is 0.208. The Labute approximate surface area is 94.4 Å². The standard InChI is InChI=1S/C13H12N2O/c1-10(2-3-11(8-14)9-15)12-4-6-13(16)7-5-12/h2-8,16H,1,14H2/b3-2-,11-8+. The predicted octanol–water partition coefficient (Wildman–Crippen LogP) is 2.33. The quantitative estimate of drug-likeness (QED) is 0.596. The van der Waals surface area contributed by atoms with Crippen molar-refractivity contribution in [2.45, 2.75) is 0 Å². The predicted molar refractivity (Wildman–Crippen MR) is 64.2 cm³/mol. The Morgan fingerprint density at radius 2 is 1.94 bits per heavy atom. The van der Waals surface area contributed by atoms with E-state index in [0.717, 1.165) is 11.1 Å². The molecular formula is C13H12N2O. The lowest BCUT2D eigenvalue weighted by atomic mass is 10.1. The molecule has 0 atom stereocenters. The lowest BCUT2D eigenvalue weighted by Gasteiger charge is -2.00.